The molecule has 1 saturated heterocycles. The Morgan fingerprint density at radius 3 is 2.05 bits per heavy atom. The zero-order valence-corrected chi connectivity index (χ0v) is 23.0. The van der Waals surface area contributed by atoms with Crippen molar-refractivity contribution in [1.82, 2.24) is 0 Å². The third-order valence-electron chi connectivity index (χ3n) is 6.78. The lowest BCUT2D eigenvalue weighted by molar-refractivity contribution is -0.288. The highest BCUT2D eigenvalue weighted by Crippen LogP contribution is 2.36. The minimum atomic E-state index is -1.40. The Hall–Kier alpha value is -3.93. The van der Waals surface area contributed by atoms with Crippen molar-refractivity contribution >= 4 is 34.8 Å². The molecule has 2 heterocycles. The SMILES string of the molecule is CC(=O)OC[C@H]1O[C@H](Oc2ccc3c4c(c(=O)oc3c2C)CCCC4)[C@H](OC(C)=O)[C@@H](OC(C)=O)[C@H]1OC(C)=O. The Morgan fingerprint density at radius 2 is 1.43 bits per heavy atom. The molecule has 0 N–H and O–H groups in total. The number of aryl methyl sites for hydroxylation is 2. The van der Waals surface area contributed by atoms with Crippen LogP contribution in [0.5, 0.6) is 5.75 Å². The number of carbonyl (C=O) groups is 4. The summed E-state index contributed by atoms with van der Waals surface area (Å²) in [6.07, 6.45) is -3.29. The molecule has 2 aliphatic rings. The summed E-state index contributed by atoms with van der Waals surface area (Å²) in [6.45, 7) is 5.94. The van der Waals surface area contributed by atoms with Crippen molar-refractivity contribution in [3.8, 4) is 5.75 Å². The summed E-state index contributed by atoms with van der Waals surface area (Å²) >= 11 is 0. The second kappa shape index (κ2) is 12.1. The van der Waals surface area contributed by atoms with Crippen molar-refractivity contribution in [2.24, 2.45) is 0 Å². The fourth-order valence-electron chi connectivity index (χ4n) is 5.16. The van der Waals surface area contributed by atoms with Crippen LogP contribution in [0.15, 0.2) is 21.3 Å². The molecule has 12 heteroatoms. The van der Waals surface area contributed by atoms with E-state index in [0.717, 1.165) is 51.0 Å². The lowest BCUT2D eigenvalue weighted by atomic mass is 9.90. The van der Waals surface area contributed by atoms with Crippen LogP contribution in [-0.2, 0) is 55.7 Å². The smallest absolute Gasteiger partial charge is 0.339 e. The van der Waals surface area contributed by atoms with Gasteiger partial charge < -0.3 is 32.8 Å². The number of hydrogen-bond donors (Lipinski definition) is 0. The standard InChI is InChI=1S/C28H32O12/c1-13-21(11-10-19-18-8-6-7-9-20(18)27(33)40-23(13)19)38-28-26(37-17(5)32)25(36-16(4)31)24(35-15(3)30)22(39-28)12-34-14(2)29/h10-11,22,24-26,28H,6-9,12H2,1-5H3/t22-,24+,25+,26-,28+/m1/s1. The Balaban J connectivity index is 1.76. The molecule has 0 bridgehead atoms. The molecule has 0 amide bonds. The van der Waals surface area contributed by atoms with Gasteiger partial charge in [-0.05, 0) is 50.3 Å². The van der Waals surface area contributed by atoms with E-state index < -0.39 is 60.2 Å². The molecule has 1 aliphatic carbocycles. The molecule has 12 nitrogen and oxygen atoms in total. The van der Waals surface area contributed by atoms with Gasteiger partial charge in [-0.1, -0.05) is 0 Å². The first-order valence-electron chi connectivity index (χ1n) is 13.0. The summed E-state index contributed by atoms with van der Waals surface area (Å²) in [5.41, 5.74) is 2.10. The van der Waals surface area contributed by atoms with Crippen LogP contribution in [0.2, 0.25) is 0 Å². The fraction of sp³-hybridized carbons (Fsp3) is 0.536. The van der Waals surface area contributed by atoms with Crippen molar-refractivity contribution in [3.05, 3.63) is 39.2 Å². The fourth-order valence-corrected chi connectivity index (χ4v) is 5.16. The number of esters is 4. The predicted octanol–water partition coefficient (Wildman–Crippen LogP) is 2.44. The van der Waals surface area contributed by atoms with Gasteiger partial charge in [0.25, 0.3) is 0 Å². The van der Waals surface area contributed by atoms with Crippen LogP contribution in [0.1, 0.15) is 57.2 Å². The van der Waals surface area contributed by atoms with Crippen molar-refractivity contribution in [1.29, 1.82) is 0 Å². The summed E-state index contributed by atoms with van der Waals surface area (Å²) in [5, 5.41) is 0.806. The molecule has 1 aromatic carbocycles. The molecule has 40 heavy (non-hydrogen) atoms. The maximum absolute atomic E-state index is 12.7. The van der Waals surface area contributed by atoms with Crippen molar-refractivity contribution in [2.75, 3.05) is 6.61 Å². The van der Waals surface area contributed by atoms with Crippen LogP contribution in [0.4, 0.5) is 0 Å². The molecule has 1 aromatic heterocycles. The third kappa shape index (κ3) is 6.27. The largest absolute Gasteiger partial charge is 0.463 e. The molecule has 4 rings (SSSR count). The Bertz CT molecular complexity index is 1380. The monoisotopic (exact) mass is 560 g/mol. The highest BCUT2D eigenvalue weighted by molar-refractivity contribution is 5.86. The Kier molecular flexibility index (Phi) is 8.77. The molecule has 0 unspecified atom stereocenters. The van der Waals surface area contributed by atoms with E-state index in [1.165, 1.54) is 6.92 Å². The quantitative estimate of drug-likeness (QED) is 0.278. The topological polar surface area (TPSA) is 154 Å². The van der Waals surface area contributed by atoms with E-state index in [9.17, 15) is 24.0 Å². The summed E-state index contributed by atoms with van der Waals surface area (Å²) in [7, 11) is 0. The minimum Gasteiger partial charge on any atom is -0.463 e. The van der Waals surface area contributed by atoms with Gasteiger partial charge in [-0.15, -0.1) is 0 Å². The van der Waals surface area contributed by atoms with E-state index in [2.05, 4.69) is 0 Å². The van der Waals surface area contributed by atoms with Gasteiger partial charge in [-0.2, -0.15) is 0 Å². The van der Waals surface area contributed by atoms with Crippen LogP contribution < -0.4 is 10.4 Å². The summed E-state index contributed by atoms with van der Waals surface area (Å²) in [4.78, 5) is 60.3. The highest BCUT2D eigenvalue weighted by atomic mass is 16.7. The molecular weight excluding hydrogens is 528 g/mol. The van der Waals surface area contributed by atoms with Crippen LogP contribution in [0.25, 0.3) is 11.0 Å². The van der Waals surface area contributed by atoms with Gasteiger partial charge in [0.2, 0.25) is 12.4 Å². The number of hydrogen-bond acceptors (Lipinski definition) is 12. The molecule has 1 aliphatic heterocycles. The van der Waals surface area contributed by atoms with Crippen molar-refractivity contribution in [2.45, 2.75) is 91.0 Å². The van der Waals surface area contributed by atoms with Crippen molar-refractivity contribution < 1.29 is 52.0 Å². The van der Waals surface area contributed by atoms with E-state index in [4.69, 9.17) is 32.8 Å². The second-order valence-corrected chi connectivity index (χ2v) is 9.80. The normalized spacial score (nSPS) is 24.0. The second-order valence-electron chi connectivity index (χ2n) is 9.80. The first-order chi connectivity index (χ1) is 19.0. The first-order valence-corrected chi connectivity index (χ1v) is 13.0. The zero-order chi connectivity index (χ0) is 29.1. The third-order valence-corrected chi connectivity index (χ3v) is 6.78. The van der Waals surface area contributed by atoms with Crippen LogP contribution in [-0.4, -0.2) is 61.2 Å². The molecular formula is C28H32O12. The highest BCUT2D eigenvalue weighted by Gasteiger charge is 2.53. The predicted molar refractivity (Wildman–Crippen MR) is 136 cm³/mol. The number of carbonyl (C=O) groups excluding carboxylic acids is 4. The van der Waals surface area contributed by atoms with E-state index >= 15 is 0 Å². The average Bonchev–Trinajstić information content (AvgIpc) is 2.87. The van der Waals surface area contributed by atoms with Gasteiger partial charge in [0, 0.05) is 44.2 Å². The number of benzene rings is 1. The zero-order valence-electron chi connectivity index (χ0n) is 23.0. The molecule has 2 aromatic rings. The van der Waals surface area contributed by atoms with Gasteiger partial charge in [0.15, 0.2) is 12.2 Å². The lowest BCUT2D eigenvalue weighted by Gasteiger charge is -2.44. The van der Waals surface area contributed by atoms with Gasteiger partial charge in [0.05, 0.1) is 0 Å². The minimum absolute atomic E-state index is 0.243. The molecule has 5 atom stereocenters. The van der Waals surface area contributed by atoms with E-state index in [1.54, 1.807) is 19.1 Å². The van der Waals surface area contributed by atoms with Crippen LogP contribution in [0.3, 0.4) is 0 Å². The van der Waals surface area contributed by atoms with Crippen molar-refractivity contribution in [3.63, 3.8) is 0 Å². The molecule has 0 saturated carbocycles. The van der Waals surface area contributed by atoms with Crippen LogP contribution in [0, 0.1) is 6.92 Å². The summed E-state index contributed by atoms with van der Waals surface area (Å²) in [5.74, 6) is -2.61. The summed E-state index contributed by atoms with van der Waals surface area (Å²) < 4.78 is 39.3. The number of rotatable bonds is 7. The first kappa shape index (κ1) is 29.1. The van der Waals surface area contributed by atoms with E-state index in [-0.39, 0.29) is 12.4 Å². The summed E-state index contributed by atoms with van der Waals surface area (Å²) in [6, 6.07) is 3.47. The molecule has 0 radical (unpaired) electrons. The van der Waals surface area contributed by atoms with E-state index in [0.29, 0.717) is 23.1 Å². The van der Waals surface area contributed by atoms with Gasteiger partial charge in [-0.3, -0.25) is 19.2 Å². The molecule has 216 valence electrons. The maximum Gasteiger partial charge on any atom is 0.339 e. The Labute approximate surface area is 229 Å². The lowest BCUT2D eigenvalue weighted by Crippen LogP contribution is -2.63. The maximum atomic E-state index is 12.7. The van der Waals surface area contributed by atoms with E-state index in [1.807, 2.05) is 0 Å². The number of ether oxygens (including phenoxy) is 6. The number of fused-ring (bicyclic) bond motifs is 3. The van der Waals surface area contributed by atoms with Gasteiger partial charge in [-0.25, -0.2) is 4.79 Å². The van der Waals surface area contributed by atoms with Crippen LogP contribution >= 0.6 is 0 Å². The molecule has 1 fully saturated rings. The average molecular weight is 561 g/mol. The van der Waals surface area contributed by atoms with Gasteiger partial charge in [0.1, 0.15) is 24.0 Å². The van der Waals surface area contributed by atoms with Gasteiger partial charge >= 0.3 is 29.5 Å². The Morgan fingerprint density at radius 1 is 0.825 bits per heavy atom. The molecule has 0 spiro atoms.